The second-order valence-electron chi connectivity index (χ2n) is 9.07. The van der Waals surface area contributed by atoms with Crippen LogP contribution in [0.2, 0.25) is 5.02 Å². The van der Waals surface area contributed by atoms with Gasteiger partial charge in [0.05, 0.1) is 5.52 Å². The smallest absolute Gasteiger partial charge is 0.227 e. The van der Waals surface area contributed by atoms with Gasteiger partial charge in [-0.2, -0.15) is 4.98 Å². The maximum absolute atomic E-state index is 14.0. The van der Waals surface area contributed by atoms with E-state index >= 15 is 0 Å². The number of benzene rings is 2. The molecule has 0 radical (unpaired) electrons. The number of fused-ring (bicyclic) bond motifs is 1. The van der Waals surface area contributed by atoms with Crippen molar-refractivity contribution in [3.8, 4) is 0 Å². The molecule has 2 saturated heterocycles. The molecule has 3 heterocycles. The summed E-state index contributed by atoms with van der Waals surface area (Å²) < 4.78 is 14.0. The molecule has 174 valence electrons. The van der Waals surface area contributed by atoms with Gasteiger partial charge in [-0.25, -0.2) is 9.37 Å². The van der Waals surface area contributed by atoms with E-state index in [1.54, 1.807) is 6.07 Å². The highest BCUT2D eigenvalue weighted by Crippen LogP contribution is 2.30. The number of aliphatic hydroxyl groups excluding tert-OH is 1. The average molecular weight is 470 g/mol. The van der Waals surface area contributed by atoms with Crippen molar-refractivity contribution in [2.24, 2.45) is 5.92 Å². The predicted octanol–water partition coefficient (Wildman–Crippen LogP) is 4.84. The lowest BCUT2D eigenvalue weighted by Crippen LogP contribution is -2.49. The maximum Gasteiger partial charge on any atom is 0.227 e. The molecule has 2 N–H and O–H groups in total. The van der Waals surface area contributed by atoms with Crippen LogP contribution in [0.15, 0.2) is 42.5 Å². The van der Waals surface area contributed by atoms with E-state index in [2.05, 4.69) is 15.1 Å². The number of likely N-dealkylation sites (tertiary alicyclic amines) is 1. The van der Waals surface area contributed by atoms with Crippen LogP contribution < -0.4 is 10.2 Å². The fourth-order valence-electron chi connectivity index (χ4n) is 5.00. The second-order valence-corrected chi connectivity index (χ2v) is 9.51. The summed E-state index contributed by atoms with van der Waals surface area (Å²) in [6.45, 7) is 4.14. The summed E-state index contributed by atoms with van der Waals surface area (Å²) in [4.78, 5) is 14.3. The Morgan fingerprint density at radius 2 is 1.82 bits per heavy atom. The van der Waals surface area contributed by atoms with E-state index in [0.717, 1.165) is 57.5 Å². The molecule has 6 nitrogen and oxygen atoms in total. The van der Waals surface area contributed by atoms with Gasteiger partial charge in [0, 0.05) is 48.4 Å². The highest BCUT2D eigenvalue weighted by Gasteiger charge is 2.29. The number of hydrogen-bond donors (Lipinski definition) is 2. The maximum atomic E-state index is 14.0. The van der Waals surface area contributed by atoms with Crippen LogP contribution in [0.4, 0.5) is 21.8 Å². The second kappa shape index (κ2) is 9.79. The van der Waals surface area contributed by atoms with Gasteiger partial charge in [-0.05, 0) is 80.6 Å². The molecule has 1 aromatic heterocycles. The first-order valence-electron chi connectivity index (χ1n) is 11.7. The van der Waals surface area contributed by atoms with Crippen molar-refractivity contribution in [1.29, 1.82) is 0 Å². The summed E-state index contributed by atoms with van der Waals surface area (Å²) in [5, 5.41) is 14.2. The molecule has 2 aliphatic heterocycles. The molecule has 0 saturated carbocycles. The van der Waals surface area contributed by atoms with Crippen LogP contribution in [0.1, 0.15) is 25.7 Å². The molecule has 2 aromatic carbocycles. The molecule has 2 aliphatic rings. The Morgan fingerprint density at radius 1 is 1.03 bits per heavy atom. The summed E-state index contributed by atoms with van der Waals surface area (Å²) in [5.74, 6) is 1.33. The number of nitrogens with zero attached hydrogens (tertiary/aromatic N) is 4. The summed E-state index contributed by atoms with van der Waals surface area (Å²) in [5.41, 5.74) is 1.54. The molecule has 33 heavy (non-hydrogen) atoms. The monoisotopic (exact) mass is 469 g/mol. The minimum atomic E-state index is -0.318. The molecular weight excluding hydrogens is 441 g/mol. The van der Waals surface area contributed by atoms with Crippen LogP contribution in [-0.4, -0.2) is 58.8 Å². The van der Waals surface area contributed by atoms with E-state index in [9.17, 15) is 9.50 Å². The third-order valence-corrected chi connectivity index (χ3v) is 7.08. The number of halogens is 2. The van der Waals surface area contributed by atoms with Crippen molar-refractivity contribution in [1.82, 2.24) is 14.9 Å². The van der Waals surface area contributed by atoms with Gasteiger partial charge in [0.15, 0.2) is 0 Å². The first-order chi connectivity index (χ1) is 16.1. The molecular formula is C25H29ClFN5O. The van der Waals surface area contributed by atoms with E-state index < -0.39 is 0 Å². The fourth-order valence-corrected chi connectivity index (χ4v) is 5.13. The van der Waals surface area contributed by atoms with Crippen molar-refractivity contribution in [3.63, 3.8) is 0 Å². The summed E-state index contributed by atoms with van der Waals surface area (Å²) in [6.07, 6.45) is 4.38. The molecule has 0 spiro atoms. The quantitative estimate of drug-likeness (QED) is 0.557. The number of hydrogen-bond acceptors (Lipinski definition) is 6. The number of rotatable bonds is 5. The van der Waals surface area contributed by atoms with Gasteiger partial charge >= 0.3 is 0 Å². The SMILES string of the molecule is OC[C@H]1CCCN(C2CCN(c3nc(Nc4ccc(Cl)cc4)c4cc(F)ccc4n3)CC2)C1. The van der Waals surface area contributed by atoms with E-state index in [-0.39, 0.29) is 12.4 Å². The predicted molar refractivity (Wildman–Crippen MR) is 131 cm³/mol. The Bertz CT molecular complexity index is 1100. The van der Waals surface area contributed by atoms with Crippen LogP contribution in [0.3, 0.4) is 0 Å². The number of piperidine rings is 2. The molecule has 8 heteroatoms. The van der Waals surface area contributed by atoms with Gasteiger partial charge in [-0.3, -0.25) is 4.90 Å². The largest absolute Gasteiger partial charge is 0.396 e. The number of anilines is 3. The third-order valence-electron chi connectivity index (χ3n) is 6.83. The molecule has 0 amide bonds. The summed E-state index contributed by atoms with van der Waals surface area (Å²) in [7, 11) is 0. The van der Waals surface area contributed by atoms with Crippen LogP contribution in [0.25, 0.3) is 10.9 Å². The zero-order valence-corrected chi connectivity index (χ0v) is 19.3. The lowest BCUT2D eigenvalue weighted by atomic mass is 9.94. The molecule has 0 bridgehead atoms. The Kier molecular flexibility index (Phi) is 6.62. The zero-order valence-electron chi connectivity index (χ0n) is 18.6. The zero-order chi connectivity index (χ0) is 22.8. The highest BCUT2D eigenvalue weighted by molar-refractivity contribution is 6.30. The Hall–Kier alpha value is -2.48. The van der Waals surface area contributed by atoms with Gasteiger partial charge in [-0.15, -0.1) is 0 Å². The minimum Gasteiger partial charge on any atom is -0.396 e. The van der Waals surface area contributed by atoms with Crippen molar-refractivity contribution in [2.75, 3.05) is 43.0 Å². The van der Waals surface area contributed by atoms with Gasteiger partial charge < -0.3 is 15.3 Å². The van der Waals surface area contributed by atoms with Crippen molar-refractivity contribution < 1.29 is 9.50 Å². The first-order valence-corrected chi connectivity index (χ1v) is 12.1. The van der Waals surface area contributed by atoms with Crippen LogP contribution >= 0.6 is 11.6 Å². The standard InChI is InChI=1S/C25H29ClFN5O/c26-18-3-6-20(7-4-18)28-24-22-14-19(27)5-8-23(22)29-25(30-24)31-12-9-21(10-13-31)32-11-1-2-17(15-32)16-33/h3-8,14,17,21,33H,1-2,9-13,15-16H2,(H,28,29,30)/t17-/m0/s1. The molecule has 0 unspecified atom stereocenters. The van der Waals surface area contributed by atoms with Gasteiger partial charge in [0.1, 0.15) is 11.6 Å². The van der Waals surface area contributed by atoms with Gasteiger partial charge in [0.2, 0.25) is 5.95 Å². The topological polar surface area (TPSA) is 64.5 Å². The lowest BCUT2D eigenvalue weighted by molar-refractivity contribution is 0.0776. The molecule has 2 fully saturated rings. The van der Waals surface area contributed by atoms with Crippen LogP contribution in [-0.2, 0) is 0 Å². The Balaban J connectivity index is 1.36. The van der Waals surface area contributed by atoms with E-state index in [1.807, 2.05) is 24.3 Å². The average Bonchev–Trinajstić information content (AvgIpc) is 2.85. The van der Waals surface area contributed by atoms with Crippen LogP contribution in [0.5, 0.6) is 0 Å². The van der Waals surface area contributed by atoms with Crippen molar-refractivity contribution in [3.05, 3.63) is 53.3 Å². The minimum absolute atomic E-state index is 0.282. The number of aromatic nitrogens is 2. The first kappa shape index (κ1) is 22.3. The molecule has 1 atom stereocenters. The third kappa shape index (κ3) is 5.05. The summed E-state index contributed by atoms with van der Waals surface area (Å²) in [6, 6.07) is 12.5. The summed E-state index contributed by atoms with van der Waals surface area (Å²) >= 11 is 6.02. The Morgan fingerprint density at radius 3 is 2.58 bits per heavy atom. The number of aliphatic hydroxyl groups is 1. The molecule has 0 aliphatic carbocycles. The fraction of sp³-hybridized carbons (Fsp3) is 0.440. The van der Waals surface area contributed by atoms with Crippen molar-refractivity contribution in [2.45, 2.75) is 31.7 Å². The molecule has 3 aromatic rings. The Labute approximate surface area is 198 Å². The number of nitrogens with one attached hydrogen (secondary N) is 1. The van der Waals surface area contributed by atoms with E-state index in [4.69, 9.17) is 21.6 Å². The van der Waals surface area contributed by atoms with Gasteiger partial charge in [0.25, 0.3) is 0 Å². The normalized spacial score (nSPS) is 20.3. The van der Waals surface area contributed by atoms with E-state index in [0.29, 0.717) is 39.7 Å². The van der Waals surface area contributed by atoms with E-state index in [1.165, 1.54) is 12.1 Å². The highest BCUT2D eigenvalue weighted by atomic mass is 35.5. The lowest BCUT2D eigenvalue weighted by Gasteiger charge is -2.42. The van der Waals surface area contributed by atoms with Crippen LogP contribution in [0, 0.1) is 11.7 Å². The molecule has 5 rings (SSSR count). The van der Waals surface area contributed by atoms with Crippen molar-refractivity contribution >= 4 is 40.0 Å². The van der Waals surface area contributed by atoms with Gasteiger partial charge in [-0.1, -0.05) is 11.6 Å².